The summed E-state index contributed by atoms with van der Waals surface area (Å²) < 4.78 is 15.9. The predicted octanol–water partition coefficient (Wildman–Crippen LogP) is 4.36. The van der Waals surface area contributed by atoms with E-state index in [1.165, 1.54) is 15.8 Å². The number of thiophene rings is 1. The maximum Gasteiger partial charge on any atom is 0.125 e. The normalized spacial score (nSPS) is 16.4. The van der Waals surface area contributed by atoms with Gasteiger partial charge in [0, 0.05) is 16.5 Å². The zero-order valence-corrected chi connectivity index (χ0v) is 13.2. The average Bonchev–Trinajstić information content (AvgIpc) is 3.17. The number of nitrogens with zero attached hydrogens (tertiary/aromatic N) is 1. The van der Waals surface area contributed by atoms with Gasteiger partial charge >= 0.3 is 0 Å². The molecular weight excluding hydrogens is 295 g/mol. The number of benzene rings is 1. The Morgan fingerprint density at radius 3 is 2.86 bits per heavy atom. The first-order chi connectivity index (χ1) is 10.8. The molecule has 3 heterocycles. The van der Waals surface area contributed by atoms with Gasteiger partial charge < -0.3 is 9.88 Å². The van der Waals surface area contributed by atoms with Gasteiger partial charge in [-0.3, -0.25) is 0 Å². The van der Waals surface area contributed by atoms with Crippen molar-refractivity contribution in [2.75, 3.05) is 13.1 Å². The molecule has 2 aromatic heterocycles. The molecule has 114 valence electrons. The van der Waals surface area contributed by atoms with Crippen LogP contribution in [0.15, 0.2) is 41.9 Å². The number of fused-ring (bicyclic) bond motifs is 1. The minimum atomic E-state index is -0.158. The molecule has 1 saturated heterocycles. The lowest BCUT2D eigenvalue weighted by molar-refractivity contribution is 0.461. The van der Waals surface area contributed by atoms with Crippen LogP contribution in [-0.2, 0) is 6.54 Å². The van der Waals surface area contributed by atoms with E-state index in [1.54, 1.807) is 23.5 Å². The van der Waals surface area contributed by atoms with Crippen LogP contribution in [-0.4, -0.2) is 17.7 Å². The lowest BCUT2D eigenvalue weighted by Gasteiger charge is -2.22. The first-order valence-electron chi connectivity index (χ1n) is 7.82. The quantitative estimate of drug-likeness (QED) is 0.760. The topological polar surface area (TPSA) is 17.0 Å². The summed E-state index contributed by atoms with van der Waals surface area (Å²) in [4.78, 5) is 1.30. The van der Waals surface area contributed by atoms with Crippen molar-refractivity contribution in [2.24, 2.45) is 0 Å². The third kappa shape index (κ3) is 2.57. The van der Waals surface area contributed by atoms with E-state index in [0.717, 1.165) is 38.0 Å². The Morgan fingerprint density at radius 2 is 2.09 bits per heavy atom. The zero-order valence-electron chi connectivity index (χ0n) is 12.4. The summed E-state index contributed by atoms with van der Waals surface area (Å²) in [6.07, 6.45) is 4.57. The lowest BCUT2D eigenvalue weighted by atomic mass is 9.90. The monoisotopic (exact) mass is 314 g/mol. The first kappa shape index (κ1) is 14.0. The Morgan fingerprint density at radius 1 is 1.23 bits per heavy atom. The van der Waals surface area contributed by atoms with E-state index in [4.69, 9.17) is 0 Å². The molecule has 0 atom stereocenters. The molecular formula is C18H19FN2S. The number of rotatable bonds is 3. The average molecular weight is 314 g/mol. The number of hydrogen-bond donors (Lipinski definition) is 1. The minimum absolute atomic E-state index is 0.158. The van der Waals surface area contributed by atoms with Crippen LogP contribution in [0.5, 0.6) is 0 Å². The minimum Gasteiger partial charge on any atom is -0.342 e. The molecule has 0 saturated carbocycles. The molecule has 1 aromatic carbocycles. The van der Waals surface area contributed by atoms with E-state index in [0.29, 0.717) is 5.92 Å². The molecule has 0 aliphatic carbocycles. The number of aromatic nitrogens is 1. The van der Waals surface area contributed by atoms with Gasteiger partial charge in [-0.2, -0.15) is 0 Å². The lowest BCUT2D eigenvalue weighted by Crippen LogP contribution is -2.26. The van der Waals surface area contributed by atoms with Crippen molar-refractivity contribution in [3.8, 4) is 0 Å². The summed E-state index contributed by atoms with van der Waals surface area (Å²) in [6, 6.07) is 9.42. The van der Waals surface area contributed by atoms with E-state index in [9.17, 15) is 4.39 Å². The zero-order chi connectivity index (χ0) is 14.9. The molecule has 0 amide bonds. The largest absolute Gasteiger partial charge is 0.342 e. The fourth-order valence-corrected chi connectivity index (χ4v) is 4.16. The molecule has 0 bridgehead atoms. The Hall–Kier alpha value is -1.65. The van der Waals surface area contributed by atoms with Crippen molar-refractivity contribution >= 4 is 22.2 Å². The fourth-order valence-electron chi connectivity index (χ4n) is 3.45. The summed E-state index contributed by atoms with van der Waals surface area (Å²) in [7, 11) is 0. The van der Waals surface area contributed by atoms with Crippen LogP contribution in [0.25, 0.3) is 10.9 Å². The van der Waals surface area contributed by atoms with Gasteiger partial charge in [0.2, 0.25) is 0 Å². The Balaban J connectivity index is 1.79. The Kier molecular flexibility index (Phi) is 3.72. The fraction of sp³-hybridized carbons (Fsp3) is 0.333. The van der Waals surface area contributed by atoms with E-state index in [1.807, 2.05) is 6.07 Å². The standard InChI is InChI=1S/C18H19FN2S/c19-14-3-4-16-17(13-5-7-20-8-6-13)12-21(18(16)10-14)11-15-2-1-9-22-15/h1-4,9-10,12-13,20H,5-8,11H2. The molecule has 0 spiro atoms. The molecule has 0 radical (unpaired) electrons. The maximum absolute atomic E-state index is 13.7. The van der Waals surface area contributed by atoms with Gasteiger partial charge in [0.1, 0.15) is 5.82 Å². The SMILES string of the molecule is Fc1ccc2c(C3CCNCC3)cn(Cc3cccs3)c2c1. The second-order valence-corrected chi connectivity index (χ2v) is 7.01. The van der Waals surface area contributed by atoms with Crippen molar-refractivity contribution in [3.63, 3.8) is 0 Å². The summed E-state index contributed by atoms with van der Waals surface area (Å²) in [5.74, 6) is 0.425. The second kappa shape index (κ2) is 5.86. The van der Waals surface area contributed by atoms with Crippen molar-refractivity contribution in [1.82, 2.24) is 9.88 Å². The molecule has 0 unspecified atom stereocenters. The van der Waals surface area contributed by atoms with Crippen molar-refractivity contribution in [1.29, 1.82) is 0 Å². The summed E-state index contributed by atoms with van der Waals surface area (Å²) in [6.45, 7) is 2.97. The van der Waals surface area contributed by atoms with Crippen LogP contribution < -0.4 is 5.32 Å². The van der Waals surface area contributed by atoms with Gasteiger partial charge in [0.05, 0.1) is 12.1 Å². The highest BCUT2D eigenvalue weighted by molar-refractivity contribution is 7.09. The molecule has 1 aliphatic heterocycles. The number of piperidine rings is 1. The van der Waals surface area contributed by atoms with Crippen LogP contribution in [0.3, 0.4) is 0 Å². The third-order valence-electron chi connectivity index (χ3n) is 4.56. The van der Waals surface area contributed by atoms with Crippen molar-refractivity contribution < 1.29 is 4.39 Å². The smallest absolute Gasteiger partial charge is 0.125 e. The highest BCUT2D eigenvalue weighted by Gasteiger charge is 2.20. The first-order valence-corrected chi connectivity index (χ1v) is 8.70. The van der Waals surface area contributed by atoms with Gasteiger partial charge in [0.25, 0.3) is 0 Å². The summed E-state index contributed by atoms with van der Waals surface area (Å²) >= 11 is 1.75. The van der Waals surface area contributed by atoms with Crippen LogP contribution >= 0.6 is 11.3 Å². The summed E-state index contributed by atoms with van der Waals surface area (Å²) in [5.41, 5.74) is 2.40. The van der Waals surface area contributed by atoms with Crippen molar-refractivity contribution in [2.45, 2.75) is 25.3 Å². The molecule has 22 heavy (non-hydrogen) atoms. The number of hydrogen-bond acceptors (Lipinski definition) is 2. The second-order valence-electron chi connectivity index (χ2n) is 5.98. The van der Waals surface area contributed by atoms with Crippen LogP contribution in [0, 0.1) is 5.82 Å². The molecule has 4 heteroatoms. The molecule has 1 aliphatic rings. The van der Waals surface area contributed by atoms with Gasteiger partial charge in [-0.1, -0.05) is 6.07 Å². The highest BCUT2D eigenvalue weighted by Crippen LogP contribution is 2.34. The molecule has 4 rings (SSSR count). The van der Waals surface area contributed by atoms with E-state index in [-0.39, 0.29) is 5.82 Å². The molecule has 3 aromatic rings. The Labute approximate surface area is 133 Å². The summed E-state index contributed by atoms with van der Waals surface area (Å²) in [5, 5.41) is 6.73. The Bertz CT molecular complexity index is 770. The van der Waals surface area contributed by atoms with E-state index in [2.05, 4.69) is 33.6 Å². The predicted molar refractivity (Wildman–Crippen MR) is 90.2 cm³/mol. The maximum atomic E-state index is 13.7. The molecule has 1 N–H and O–H groups in total. The highest BCUT2D eigenvalue weighted by atomic mass is 32.1. The van der Waals surface area contributed by atoms with Crippen molar-refractivity contribution in [3.05, 3.63) is 58.2 Å². The molecule has 1 fully saturated rings. The van der Waals surface area contributed by atoms with E-state index >= 15 is 0 Å². The van der Waals surface area contributed by atoms with E-state index < -0.39 is 0 Å². The number of halogens is 1. The third-order valence-corrected chi connectivity index (χ3v) is 5.42. The van der Waals surface area contributed by atoms with Gasteiger partial charge in [0.15, 0.2) is 0 Å². The van der Waals surface area contributed by atoms with Gasteiger partial charge in [-0.05, 0) is 67.1 Å². The van der Waals surface area contributed by atoms with Gasteiger partial charge in [-0.25, -0.2) is 4.39 Å². The van der Waals surface area contributed by atoms with Crippen LogP contribution in [0.2, 0.25) is 0 Å². The number of nitrogens with one attached hydrogen (secondary N) is 1. The van der Waals surface area contributed by atoms with Gasteiger partial charge in [-0.15, -0.1) is 11.3 Å². The molecule has 2 nitrogen and oxygen atoms in total. The van der Waals surface area contributed by atoms with Crippen LogP contribution in [0.4, 0.5) is 4.39 Å². The van der Waals surface area contributed by atoms with Crippen LogP contribution in [0.1, 0.15) is 29.2 Å².